The van der Waals surface area contributed by atoms with Crippen molar-refractivity contribution in [1.29, 1.82) is 0 Å². The molecule has 1 aliphatic carbocycles. The number of carbonyl (C=O) groups is 1. The maximum atomic E-state index is 12.0. The number of hydrogen-bond acceptors (Lipinski definition) is 4. The predicted molar refractivity (Wildman–Crippen MR) is 73.7 cm³/mol. The lowest BCUT2D eigenvalue weighted by molar-refractivity contribution is -0.159. The molecule has 2 rings (SSSR count). The maximum absolute atomic E-state index is 12.0. The average molecular weight is 269 g/mol. The fraction of sp³-hybridized carbons (Fsp3) is 0.933. The minimum atomic E-state index is -0.447. The lowest BCUT2D eigenvalue weighted by atomic mass is 9.84. The van der Waals surface area contributed by atoms with Gasteiger partial charge in [-0.3, -0.25) is 5.32 Å². The Kier molecular flexibility index (Phi) is 4.85. The van der Waals surface area contributed by atoms with Crippen molar-refractivity contribution in [2.45, 2.75) is 77.2 Å². The first-order valence-corrected chi connectivity index (χ1v) is 7.64. The zero-order valence-electron chi connectivity index (χ0n) is 12.4. The molecule has 4 heteroatoms. The Morgan fingerprint density at radius 1 is 1.32 bits per heavy atom. The van der Waals surface area contributed by atoms with Crippen molar-refractivity contribution in [3.05, 3.63) is 0 Å². The molecule has 0 spiro atoms. The second kappa shape index (κ2) is 6.23. The Bertz CT molecular complexity index is 311. The molecular weight excluding hydrogens is 242 g/mol. The molecule has 4 nitrogen and oxygen atoms in total. The molecule has 1 saturated heterocycles. The van der Waals surface area contributed by atoms with Crippen molar-refractivity contribution >= 4 is 5.97 Å². The standard InChI is InChI=1S/C15H27NO3/c1-4-18-14(17)13-12(16-15(2,3)19-13)10-11-8-6-5-7-9-11/h11-13,16H,4-10H2,1-3H3/t12-,13+/m0/s1. The SMILES string of the molecule is CCOC(=O)[C@@H]1OC(C)(C)N[C@H]1CC1CCCCC1. The Labute approximate surface area is 116 Å². The molecule has 0 bridgehead atoms. The van der Waals surface area contributed by atoms with Crippen LogP contribution >= 0.6 is 0 Å². The molecule has 0 aromatic carbocycles. The highest BCUT2D eigenvalue weighted by molar-refractivity contribution is 5.76. The summed E-state index contributed by atoms with van der Waals surface area (Å²) in [5.41, 5.74) is -0.434. The molecule has 0 amide bonds. The second-order valence-corrected chi connectivity index (χ2v) is 6.29. The first-order chi connectivity index (χ1) is 9.02. The molecule has 1 N–H and O–H groups in total. The highest BCUT2D eigenvalue weighted by atomic mass is 16.6. The van der Waals surface area contributed by atoms with E-state index in [4.69, 9.17) is 9.47 Å². The molecule has 19 heavy (non-hydrogen) atoms. The van der Waals surface area contributed by atoms with Crippen LogP contribution in [0.5, 0.6) is 0 Å². The molecule has 110 valence electrons. The van der Waals surface area contributed by atoms with Crippen molar-refractivity contribution in [3.63, 3.8) is 0 Å². The number of esters is 1. The van der Waals surface area contributed by atoms with Crippen LogP contribution in [-0.4, -0.2) is 30.4 Å². The maximum Gasteiger partial charge on any atom is 0.336 e. The molecule has 0 aromatic rings. The van der Waals surface area contributed by atoms with Crippen LogP contribution in [0.15, 0.2) is 0 Å². The van der Waals surface area contributed by atoms with E-state index in [0.29, 0.717) is 6.61 Å². The van der Waals surface area contributed by atoms with Gasteiger partial charge >= 0.3 is 5.97 Å². The smallest absolute Gasteiger partial charge is 0.336 e. The lowest BCUT2D eigenvalue weighted by Crippen LogP contribution is -2.41. The average Bonchev–Trinajstić information content (AvgIpc) is 2.66. The lowest BCUT2D eigenvalue weighted by Gasteiger charge is -2.26. The van der Waals surface area contributed by atoms with Gasteiger partial charge in [-0.1, -0.05) is 32.1 Å². The molecule has 2 fully saturated rings. The summed E-state index contributed by atoms with van der Waals surface area (Å²) in [6.07, 6.45) is 7.15. The van der Waals surface area contributed by atoms with Crippen molar-refractivity contribution in [1.82, 2.24) is 5.32 Å². The van der Waals surface area contributed by atoms with Crippen LogP contribution in [0, 0.1) is 5.92 Å². The summed E-state index contributed by atoms with van der Waals surface area (Å²) in [4.78, 5) is 12.0. The summed E-state index contributed by atoms with van der Waals surface area (Å²) in [6, 6.07) is 0.0946. The van der Waals surface area contributed by atoms with E-state index in [1.54, 1.807) is 0 Å². The molecule has 1 heterocycles. The fourth-order valence-corrected chi connectivity index (χ4v) is 3.36. The van der Waals surface area contributed by atoms with E-state index in [1.807, 2.05) is 20.8 Å². The highest BCUT2D eigenvalue weighted by Gasteiger charge is 2.44. The van der Waals surface area contributed by atoms with Crippen LogP contribution in [0.25, 0.3) is 0 Å². The van der Waals surface area contributed by atoms with Gasteiger partial charge in [0.1, 0.15) is 5.72 Å². The molecule has 1 aliphatic heterocycles. The second-order valence-electron chi connectivity index (χ2n) is 6.29. The van der Waals surface area contributed by atoms with Crippen molar-refractivity contribution in [2.75, 3.05) is 6.61 Å². The van der Waals surface area contributed by atoms with E-state index in [0.717, 1.165) is 12.3 Å². The third kappa shape index (κ3) is 3.93. The number of rotatable bonds is 4. The van der Waals surface area contributed by atoms with E-state index < -0.39 is 11.8 Å². The Hall–Kier alpha value is -0.610. The molecule has 0 radical (unpaired) electrons. The Morgan fingerprint density at radius 3 is 2.63 bits per heavy atom. The summed E-state index contributed by atoms with van der Waals surface area (Å²) < 4.78 is 11.0. The van der Waals surface area contributed by atoms with Gasteiger partial charge in [-0.15, -0.1) is 0 Å². The van der Waals surface area contributed by atoms with Crippen LogP contribution in [0.1, 0.15) is 59.3 Å². The number of carbonyl (C=O) groups excluding carboxylic acids is 1. The van der Waals surface area contributed by atoms with Crippen molar-refractivity contribution < 1.29 is 14.3 Å². The van der Waals surface area contributed by atoms with Gasteiger partial charge in [0.25, 0.3) is 0 Å². The van der Waals surface area contributed by atoms with Gasteiger partial charge < -0.3 is 9.47 Å². The molecule has 0 unspecified atom stereocenters. The summed E-state index contributed by atoms with van der Waals surface area (Å²) >= 11 is 0. The number of ether oxygens (including phenoxy) is 2. The molecule has 2 aliphatic rings. The van der Waals surface area contributed by atoms with E-state index in [2.05, 4.69) is 5.32 Å². The van der Waals surface area contributed by atoms with Gasteiger partial charge in [0.15, 0.2) is 6.10 Å². The zero-order valence-corrected chi connectivity index (χ0v) is 12.4. The van der Waals surface area contributed by atoms with E-state index in [1.165, 1.54) is 32.1 Å². The van der Waals surface area contributed by atoms with Gasteiger partial charge in [-0.2, -0.15) is 0 Å². The minimum Gasteiger partial charge on any atom is -0.464 e. The third-order valence-corrected chi connectivity index (χ3v) is 4.15. The van der Waals surface area contributed by atoms with Crippen molar-refractivity contribution in [3.8, 4) is 0 Å². The minimum absolute atomic E-state index is 0.0946. The largest absolute Gasteiger partial charge is 0.464 e. The van der Waals surface area contributed by atoms with Crippen molar-refractivity contribution in [2.24, 2.45) is 5.92 Å². The predicted octanol–water partition coefficient (Wildman–Crippen LogP) is 2.61. The summed E-state index contributed by atoms with van der Waals surface area (Å²) in [5.74, 6) is 0.502. The van der Waals surface area contributed by atoms with Crippen LogP contribution in [0.3, 0.4) is 0 Å². The zero-order chi connectivity index (χ0) is 13.9. The van der Waals surface area contributed by atoms with Crippen LogP contribution in [-0.2, 0) is 14.3 Å². The Balaban J connectivity index is 1.96. The first kappa shape index (κ1) is 14.8. The summed E-state index contributed by atoms with van der Waals surface area (Å²) in [7, 11) is 0. The van der Waals surface area contributed by atoms with E-state index in [-0.39, 0.29) is 12.0 Å². The molecule has 1 saturated carbocycles. The molecular formula is C15H27NO3. The van der Waals surface area contributed by atoms with E-state index >= 15 is 0 Å². The quantitative estimate of drug-likeness (QED) is 0.797. The van der Waals surface area contributed by atoms with Crippen LogP contribution in [0.2, 0.25) is 0 Å². The summed E-state index contributed by atoms with van der Waals surface area (Å²) in [6.45, 7) is 6.19. The van der Waals surface area contributed by atoms with Gasteiger partial charge in [0.2, 0.25) is 0 Å². The third-order valence-electron chi connectivity index (χ3n) is 4.15. The highest BCUT2D eigenvalue weighted by Crippen LogP contribution is 2.32. The normalized spacial score (nSPS) is 31.3. The molecule has 0 aromatic heterocycles. The topological polar surface area (TPSA) is 47.6 Å². The van der Waals surface area contributed by atoms with Crippen LogP contribution < -0.4 is 5.32 Å². The van der Waals surface area contributed by atoms with Gasteiger partial charge in [-0.05, 0) is 33.1 Å². The van der Waals surface area contributed by atoms with Gasteiger partial charge in [-0.25, -0.2) is 4.79 Å². The summed E-state index contributed by atoms with van der Waals surface area (Å²) in [5, 5.41) is 3.44. The molecule has 2 atom stereocenters. The van der Waals surface area contributed by atoms with Gasteiger partial charge in [0, 0.05) is 6.04 Å². The van der Waals surface area contributed by atoms with Gasteiger partial charge in [0.05, 0.1) is 6.61 Å². The van der Waals surface area contributed by atoms with Crippen LogP contribution in [0.4, 0.5) is 0 Å². The number of nitrogens with one attached hydrogen (secondary N) is 1. The van der Waals surface area contributed by atoms with E-state index in [9.17, 15) is 4.79 Å². The fourth-order valence-electron chi connectivity index (χ4n) is 3.36. The first-order valence-electron chi connectivity index (χ1n) is 7.64. The Morgan fingerprint density at radius 2 is 2.00 bits per heavy atom. The monoisotopic (exact) mass is 269 g/mol. The number of hydrogen-bond donors (Lipinski definition) is 1.